The second kappa shape index (κ2) is 5.30. The Morgan fingerprint density at radius 1 is 1.37 bits per heavy atom. The zero-order valence-corrected chi connectivity index (χ0v) is 11.5. The molecule has 1 aromatic carbocycles. The monoisotopic (exact) mass is 284 g/mol. The van der Waals surface area contributed by atoms with Crippen molar-refractivity contribution in [3.8, 4) is 0 Å². The molecule has 0 aromatic heterocycles. The Balaban J connectivity index is 2.29. The molecule has 3 N–H and O–H groups in total. The Morgan fingerprint density at radius 2 is 2.11 bits per heavy atom. The van der Waals surface area contributed by atoms with Gasteiger partial charge in [0.15, 0.2) is 0 Å². The van der Waals surface area contributed by atoms with Crippen molar-refractivity contribution in [1.29, 1.82) is 0 Å². The Morgan fingerprint density at radius 3 is 2.74 bits per heavy atom. The van der Waals surface area contributed by atoms with Gasteiger partial charge < -0.3 is 5.73 Å². The first kappa shape index (κ1) is 14.0. The predicted octanol–water partition coefficient (Wildman–Crippen LogP) is 2.10. The second-order valence-electron chi connectivity index (χ2n) is 4.74. The number of sulfonamides is 1. The molecule has 1 unspecified atom stereocenters. The maximum Gasteiger partial charge on any atom is 0.243 e. The third kappa shape index (κ3) is 3.13. The molecule has 0 bridgehead atoms. The molecule has 0 saturated heterocycles. The maximum absolute atomic E-state index is 13.8. The maximum atomic E-state index is 13.8. The molecule has 0 fully saturated rings. The summed E-state index contributed by atoms with van der Waals surface area (Å²) in [6, 6.07) is 2.13. The van der Waals surface area contributed by atoms with Crippen molar-refractivity contribution in [1.82, 2.24) is 4.72 Å². The third-order valence-corrected chi connectivity index (χ3v) is 4.74. The van der Waals surface area contributed by atoms with Gasteiger partial charge in [-0.3, -0.25) is 0 Å². The van der Waals surface area contributed by atoms with Crippen LogP contribution in [0, 0.1) is 12.7 Å². The lowest BCUT2D eigenvalue weighted by Gasteiger charge is -2.19. The SMILES string of the molecule is Cc1cc(F)c(S(=O)(=O)NC2CC=CCC2)cc1N. The number of anilines is 1. The van der Waals surface area contributed by atoms with Crippen molar-refractivity contribution in [2.45, 2.75) is 37.1 Å². The van der Waals surface area contributed by atoms with Crippen LogP contribution in [0.25, 0.3) is 0 Å². The molecule has 1 aliphatic rings. The van der Waals surface area contributed by atoms with Crippen molar-refractivity contribution < 1.29 is 12.8 Å². The number of rotatable bonds is 3. The molecule has 19 heavy (non-hydrogen) atoms. The van der Waals surface area contributed by atoms with Gasteiger partial charge in [0.1, 0.15) is 10.7 Å². The number of nitrogens with one attached hydrogen (secondary N) is 1. The van der Waals surface area contributed by atoms with E-state index in [1.165, 1.54) is 6.07 Å². The predicted molar refractivity (Wildman–Crippen MR) is 72.6 cm³/mol. The van der Waals surface area contributed by atoms with E-state index < -0.39 is 15.8 Å². The van der Waals surface area contributed by atoms with E-state index in [0.29, 0.717) is 12.0 Å². The summed E-state index contributed by atoms with van der Waals surface area (Å²) < 4.78 is 40.6. The second-order valence-corrected chi connectivity index (χ2v) is 6.42. The molecule has 104 valence electrons. The molecule has 0 radical (unpaired) electrons. The lowest BCUT2D eigenvalue weighted by Crippen LogP contribution is -2.35. The quantitative estimate of drug-likeness (QED) is 0.659. The minimum absolute atomic E-state index is 0.183. The van der Waals surface area contributed by atoms with E-state index in [0.717, 1.165) is 18.9 Å². The number of hydrogen-bond donors (Lipinski definition) is 2. The van der Waals surface area contributed by atoms with Crippen LogP contribution in [0.5, 0.6) is 0 Å². The van der Waals surface area contributed by atoms with Crippen LogP contribution in [0.4, 0.5) is 10.1 Å². The topological polar surface area (TPSA) is 72.2 Å². The number of hydrogen-bond acceptors (Lipinski definition) is 3. The first-order valence-corrected chi connectivity index (χ1v) is 7.61. The first-order valence-electron chi connectivity index (χ1n) is 6.13. The summed E-state index contributed by atoms with van der Waals surface area (Å²) in [5, 5.41) is 0. The summed E-state index contributed by atoms with van der Waals surface area (Å²) in [6.45, 7) is 1.63. The largest absolute Gasteiger partial charge is 0.398 e. The molecule has 4 nitrogen and oxygen atoms in total. The van der Waals surface area contributed by atoms with E-state index in [2.05, 4.69) is 4.72 Å². The summed E-state index contributed by atoms with van der Waals surface area (Å²) in [5.74, 6) is -0.773. The number of aryl methyl sites for hydroxylation is 1. The highest BCUT2D eigenvalue weighted by atomic mass is 32.2. The van der Waals surface area contributed by atoms with Crippen LogP contribution >= 0.6 is 0 Å². The third-order valence-electron chi connectivity index (χ3n) is 3.20. The van der Waals surface area contributed by atoms with Crippen molar-refractivity contribution in [2.24, 2.45) is 0 Å². The van der Waals surface area contributed by atoms with Crippen LogP contribution < -0.4 is 10.5 Å². The molecule has 0 spiro atoms. The molecular formula is C13H17FN2O2S. The standard InChI is InChI=1S/C13H17FN2O2S/c1-9-7-11(14)13(8-12(9)15)19(17,18)16-10-5-3-2-4-6-10/h2-3,7-8,10,16H,4-6,15H2,1H3. The zero-order chi connectivity index (χ0) is 14.0. The highest BCUT2D eigenvalue weighted by Gasteiger charge is 2.24. The molecule has 0 heterocycles. The van der Waals surface area contributed by atoms with Gasteiger partial charge in [-0.2, -0.15) is 0 Å². The Kier molecular flexibility index (Phi) is 3.91. The highest BCUT2D eigenvalue weighted by Crippen LogP contribution is 2.22. The van der Waals surface area contributed by atoms with Gasteiger partial charge in [0.25, 0.3) is 0 Å². The number of nitrogen functional groups attached to an aromatic ring is 1. The fourth-order valence-electron chi connectivity index (χ4n) is 2.06. The molecule has 0 aliphatic heterocycles. The number of nitrogens with two attached hydrogens (primary N) is 1. The van der Waals surface area contributed by atoms with Crippen molar-refractivity contribution in [2.75, 3.05) is 5.73 Å². The molecule has 0 amide bonds. The fraction of sp³-hybridized carbons (Fsp3) is 0.385. The Hall–Kier alpha value is -1.40. The first-order chi connectivity index (χ1) is 8.90. The number of allylic oxidation sites excluding steroid dienone is 1. The van der Waals surface area contributed by atoms with Crippen LogP contribution in [0.15, 0.2) is 29.2 Å². The Bertz CT molecular complexity index is 611. The van der Waals surface area contributed by atoms with E-state index in [1.807, 2.05) is 12.2 Å². The zero-order valence-electron chi connectivity index (χ0n) is 10.7. The number of benzene rings is 1. The van der Waals surface area contributed by atoms with Gasteiger partial charge in [0.05, 0.1) is 0 Å². The summed E-state index contributed by atoms with van der Waals surface area (Å²) >= 11 is 0. The van der Waals surface area contributed by atoms with Gasteiger partial charge in [0, 0.05) is 11.7 Å². The van der Waals surface area contributed by atoms with Gasteiger partial charge in [-0.05, 0) is 43.9 Å². The molecule has 0 saturated carbocycles. The Labute approximate surface area is 112 Å². The smallest absolute Gasteiger partial charge is 0.243 e. The van der Waals surface area contributed by atoms with Crippen molar-refractivity contribution in [3.63, 3.8) is 0 Å². The van der Waals surface area contributed by atoms with Gasteiger partial charge in [0.2, 0.25) is 10.0 Å². The molecular weight excluding hydrogens is 267 g/mol. The van der Waals surface area contributed by atoms with E-state index in [-0.39, 0.29) is 16.6 Å². The van der Waals surface area contributed by atoms with E-state index in [1.54, 1.807) is 6.92 Å². The van der Waals surface area contributed by atoms with Crippen LogP contribution in [0.3, 0.4) is 0 Å². The van der Waals surface area contributed by atoms with Gasteiger partial charge in [-0.15, -0.1) is 0 Å². The summed E-state index contributed by atoms with van der Waals surface area (Å²) in [4.78, 5) is -0.384. The molecule has 1 aliphatic carbocycles. The van der Waals surface area contributed by atoms with Crippen LogP contribution in [-0.4, -0.2) is 14.5 Å². The van der Waals surface area contributed by atoms with Crippen molar-refractivity contribution in [3.05, 3.63) is 35.7 Å². The minimum atomic E-state index is -3.87. The molecule has 1 aromatic rings. The lowest BCUT2D eigenvalue weighted by atomic mass is 10.0. The number of halogens is 1. The molecule has 6 heteroatoms. The highest BCUT2D eigenvalue weighted by molar-refractivity contribution is 7.89. The lowest BCUT2D eigenvalue weighted by molar-refractivity contribution is 0.514. The molecule has 1 atom stereocenters. The summed E-state index contributed by atoms with van der Waals surface area (Å²) in [6.07, 6.45) is 6.11. The average molecular weight is 284 g/mol. The van der Waals surface area contributed by atoms with Crippen molar-refractivity contribution >= 4 is 15.7 Å². The normalized spacial score (nSPS) is 19.6. The van der Waals surface area contributed by atoms with Crippen LogP contribution in [0.1, 0.15) is 24.8 Å². The summed E-state index contributed by atoms with van der Waals surface area (Å²) in [7, 11) is -3.87. The fourth-order valence-corrected chi connectivity index (χ4v) is 3.44. The van der Waals surface area contributed by atoms with Crippen LogP contribution in [0.2, 0.25) is 0 Å². The average Bonchev–Trinajstić information content (AvgIpc) is 2.34. The molecule has 2 rings (SSSR count). The minimum Gasteiger partial charge on any atom is -0.398 e. The van der Waals surface area contributed by atoms with Gasteiger partial charge >= 0.3 is 0 Å². The van der Waals surface area contributed by atoms with E-state index in [9.17, 15) is 12.8 Å². The summed E-state index contributed by atoms with van der Waals surface area (Å²) in [5.41, 5.74) is 6.44. The van der Waals surface area contributed by atoms with E-state index in [4.69, 9.17) is 5.73 Å². The van der Waals surface area contributed by atoms with Gasteiger partial charge in [-0.25, -0.2) is 17.5 Å². The van der Waals surface area contributed by atoms with Crippen LogP contribution in [-0.2, 0) is 10.0 Å². The van der Waals surface area contributed by atoms with E-state index >= 15 is 0 Å². The van der Waals surface area contributed by atoms with Gasteiger partial charge in [-0.1, -0.05) is 12.2 Å².